The van der Waals surface area contributed by atoms with Crippen LogP contribution in [0.1, 0.15) is 240 Å². The molecule has 0 saturated heterocycles. The van der Waals surface area contributed by atoms with Crippen LogP contribution in [0.5, 0.6) is 11.5 Å². The number of hydrogen-bond acceptors (Lipinski definition) is 4. The van der Waals surface area contributed by atoms with Crippen molar-refractivity contribution >= 4 is 31.5 Å². The van der Waals surface area contributed by atoms with E-state index < -0.39 is 11.9 Å². The first-order valence-electron chi connectivity index (χ1n) is 21.9. The van der Waals surface area contributed by atoms with Gasteiger partial charge in [-0.3, -0.25) is 0 Å². The molecule has 0 aliphatic heterocycles. The molecule has 0 heterocycles. The molecule has 0 bridgehead atoms. The lowest BCUT2D eigenvalue weighted by Crippen LogP contribution is -2.12. The molecule has 0 amide bonds. The molecule has 1 rings (SSSR count). The van der Waals surface area contributed by atoms with Gasteiger partial charge in [0.1, 0.15) is 22.6 Å². The molecule has 298 valence electrons. The summed E-state index contributed by atoms with van der Waals surface area (Å²) >= 11 is 0. The van der Waals surface area contributed by atoms with Crippen LogP contribution in [0.3, 0.4) is 0 Å². The molecule has 0 atom stereocenters. The van der Waals surface area contributed by atoms with E-state index in [1.807, 2.05) is 0 Å². The van der Waals surface area contributed by atoms with Crippen molar-refractivity contribution in [3.63, 3.8) is 0 Å². The first kappa shape index (κ1) is 48.2. The van der Waals surface area contributed by atoms with E-state index in [-0.39, 0.29) is 42.2 Å². The minimum Gasteiger partial charge on any atom is -0.540 e. The number of hydrogen-bond donors (Lipinski definition) is 2. The second kappa shape index (κ2) is 36.2. The lowest BCUT2D eigenvalue weighted by Gasteiger charge is -2.14. The molecule has 4 radical (unpaired) electrons. The minimum atomic E-state index is -1.13. The van der Waals surface area contributed by atoms with Gasteiger partial charge in [-0.2, -0.15) is 0 Å². The van der Waals surface area contributed by atoms with Crippen LogP contribution in [0.25, 0.3) is 0 Å². The molecule has 0 saturated carbocycles. The van der Waals surface area contributed by atoms with Crippen LogP contribution in [0.4, 0.5) is 0 Å². The summed E-state index contributed by atoms with van der Waals surface area (Å²) in [5, 5.41) is 19.6. The molecular weight excluding hydrogens is 681 g/mol. The molecule has 0 spiro atoms. The maximum Gasteiger partial charge on any atom is 0.339 e. The van der Waals surface area contributed by atoms with Crippen LogP contribution in [0.2, 0.25) is 12.1 Å². The summed E-state index contributed by atoms with van der Waals surface area (Å²) < 4.78 is 11.7. The smallest absolute Gasteiger partial charge is 0.339 e. The van der Waals surface area contributed by atoms with Gasteiger partial charge in [-0.15, -0.1) is 0 Å². The predicted molar refractivity (Wildman–Crippen MR) is 222 cm³/mol. The zero-order valence-corrected chi connectivity index (χ0v) is 35.7. The van der Waals surface area contributed by atoms with Crippen molar-refractivity contribution in [3.8, 4) is 11.5 Å². The topological polar surface area (TPSA) is 93.1 Å². The van der Waals surface area contributed by atoms with E-state index in [1.165, 1.54) is 192 Å². The molecule has 0 unspecified atom stereocenters. The fourth-order valence-electron chi connectivity index (χ4n) is 6.81. The first-order chi connectivity index (χ1) is 25.5. The van der Waals surface area contributed by atoms with Gasteiger partial charge >= 0.3 is 31.5 Å². The fraction of sp³-hybridized carbons (Fsp3) is 0.818. The molecule has 0 fully saturated rings. The minimum absolute atomic E-state index is 0.0355. The van der Waals surface area contributed by atoms with Crippen LogP contribution < -0.4 is 8.85 Å². The van der Waals surface area contributed by atoms with E-state index in [2.05, 4.69) is 13.8 Å². The summed E-state index contributed by atoms with van der Waals surface area (Å²) in [6.07, 6.45) is 42.4. The lowest BCUT2D eigenvalue weighted by molar-refractivity contribution is 0.0677. The quantitative estimate of drug-likeness (QED) is 0.0511. The number of carboxylic acids is 2. The summed E-state index contributed by atoms with van der Waals surface area (Å²) in [4.78, 5) is 24.0. The number of benzene rings is 1. The molecule has 1 aromatic rings. The average molecular weight is 759 g/mol. The van der Waals surface area contributed by atoms with Gasteiger partial charge in [0, 0.05) is 0 Å². The van der Waals surface area contributed by atoms with E-state index in [4.69, 9.17) is 8.85 Å². The third-order valence-electron chi connectivity index (χ3n) is 10.2. The zero-order chi connectivity index (χ0) is 37.7. The molecule has 8 heteroatoms. The average Bonchev–Trinajstić information content (AvgIpc) is 3.13. The van der Waals surface area contributed by atoms with Crippen molar-refractivity contribution in [1.29, 1.82) is 0 Å². The number of carbonyl (C=O) groups is 2. The number of carboxylic acid groups (broad SMARTS) is 2. The van der Waals surface area contributed by atoms with E-state index in [1.54, 1.807) is 0 Å². The lowest BCUT2D eigenvalue weighted by atomic mass is 10.0. The Morgan fingerprint density at radius 2 is 0.615 bits per heavy atom. The molecular formula is C44H78O6Si2. The maximum absolute atomic E-state index is 12.0. The molecule has 52 heavy (non-hydrogen) atoms. The Kier molecular flexibility index (Phi) is 33.5. The predicted octanol–water partition coefficient (Wildman–Crippen LogP) is 14.4. The van der Waals surface area contributed by atoms with Gasteiger partial charge in [0.25, 0.3) is 0 Å². The van der Waals surface area contributed by atoms with Crippen molar-refractivity contribution in [3.05, 3.63) is 23.3 Å². The molecule has 1 aromatic carbocycles. The number of unbranched alkanes of at least 4 members (excludes halogenated alkanes) is 30. The van der Waals surface area contributed by atoms with Crippen LogP contribution in [0, 0.1) is 0 Å². The monoisotopic (exact) mass is 759 g/mol. The van der Waals surface area contributed by atoms with Crippen LogP contribution in [-0.2, 0) is 0 Å². The second-order valence-corrected chi connectivity index (χ2v) is 17.0. The van der Waals surface area contributed by atoms with Crippen molar-refractivity contribution in [2.24, 2.45) is 0 Å². The van der Waals surface area contributed by atoms with Crippen LogP contribution in [-0.4, -0.2) is 41.7 Å². The van der Waals surface area contributed by atoms with E-state index in [0.29, 0.717) is 0 Å². The number of aromatic carboxylic acids is 2. The summed E-state index contributed by atoms with van der Waals surface area (Å²) in [6.45, 7) is 4.55. The maximum atomic E-state index is 12.0. The van der Waals surface area contributed by atoms with Gasteiger partial charge in [-0.25, -0.2) is 9.59 Å². The molecule has 2 N–H and O–H groups in total. The van der Waals surface area contributed by atoms with Crippen molar-refractivity contribution in [1.82, 2.24) is 0 Å². The Bertz CT molecular complexity index is 910. The highest BCUT2D eigenvalue weighted by Gasteiger charge is 2.21. The van der Waals surface area contributed by atoms with E-state index in [0.717, 1.165) is 37.8 Å². The SMILES string of the molecule is CCCCCCCCCCCCCCCCCC[Si]Oc1cc(C(=O)O)c(O[Si]CCCCCCCCCCCCCCCCCC)cc1C(=O)O. The Morgan fingerprint density at radius 1 is 0.404 bits per heavy atom. The third-order valence-corrected chi connectivity index (χ3v) is 12.0. The molecule has 6 nitrogen and oxygen atoms in total. The third kappa shape index (κ3) is 27.8. The van der Waals surface area contributed by atoms with Gasteiger partial charge in [-0.1, -0.05) is 219 Å². The van der Waals surface area contributed by atoms with E-state index in [9.17, 15) is 19.8 Å². The molecule has 0 aliphatic rings. The van der Waals surface area contributed by atoms with Gasteiger partial charge in [0.15, 0.2) is 0 Å². The van der Waals surface area contributed by atoms with Gasteiger partial charge in [0.2, 0.25) is 0 Å². The molecule has 0 aromatic heterocycles. The number of rotatable bonds is 40. The van der Waals surface area contributed by atoms with Gasteiger partial charge < -0.3 is 19.1 Å². The Hall–Kier alpha value is -1.81. The molecule has 0 aliphatic carbocycles. The summed E-state index contributed by atoms with van der Waals surface area (Å²) in [6, 6.07) is 4.36. The van der Waals surface area contributed by atoms with Crippen molar-refractivity contribution < 1.29 is 28.7 Å². The van der Waals surface area contributed by atoms with Crippen LogP contribution >= 0.6 is 0 Å². The Balaban J connectivity index is 2.14. The fourth-order valence-corrected chi connectivity index (χ4v) is 8.45. The highest BCUT2D eigenvalue weighted by atomic mass is 28.2. The first-order valence-corrected chi connectivity index (χ1v) is 24.2. The highest BCUT2D eigenvalue weighted by molar-refractivity contribution is 6.29. The van der Waals surface area contributed by atoms with Crippen molar-refractivity contribution in [2.45, 2.75) is 231 Å². The van der Waals surface area contributed by atoms with Gasteiger partial charge in [-0.05, 0) is 24.2 Å². The highest BCUT2D eigenvalue weighted by Crippen LogP contribution is 2.30. The summed E-state index contributed by atoms with van der Waals surface area (Å²) in [5.74, 6) is -2.03. The van der Waals surface area contributed by atoms with Gasteiger partial charge in [0.05, 0.1) is 0 Å². The van der Waals surface area contributed by atoms with Crippen molar-refractivity contribution in [2.75, 3.05) is 0 Å². The normalized spacial score (nSPS) is 11.3. The largest absolute Gasteiger partial charge is 0.540 e. The summed E-state index contributed by atoms with van der Waals surface area (Å²) in [7, 11) is 0.200. The standard InChI is InChI=1S/C44H78O6Si2/c1-3-5-7-9-11-13-15-17-19-21-23-25-27-29-31-33-35-51-49-41-37-40(44(47)48)42(38-39(41)43(45)46)50-52-36-34-32-30-28-26-24-22-20-18-16-14-12-10-8-6-4-2/h37-38H,3-36H2,1-2H3,(H,45,46)(H,47,48). The second-order valence-electron chi connectivity index (χ2n) is 15.1. The van der Waals surface area contributed by atoms with Crippen LogP contribution in [0.15, 0.2) is 12.1 Å². The zero-order valence-electron chi connectivity index (χ0n) is 33.7. The van der Waals surface area contributed by atoms with E-state index >= 15 is 0 Å². The summed E-state index contributed by atoms with van der Waals surface area (Å²) in [5.41, 5.74) is -0.0710. The Labute approximate surface area is 325 Å². The Morgan fingerprint density at radius 3 is 0.827 bits per heavy atom.